The first-order chi connectivity index (χ1) is 9.63. The summed E-state index contributed by atoms with van der Waals surface area (Å²) in [5.74, 6) is -0.229. The van der Waals surface area contributed by atoms with Crippen LogP contribution >= 0.6 is 0 Å². The van der Waals surface area contributed by atoms with Gasteiger partial charge in [-0.25, -0.2) is 5.43 Å². The molecule has 2 amide bonds. The molecular weight excluding hydrogens is 256 g/mol. The number of rotatable bonds is 2. The molecule has 3 rings (SSSR count). The number of carbonyl (C=O) groups is 2. The van der Waals surface area contributed by atoms with E-state index in [9.17, 15) is 9.59 Å². The molecule has 110 valence electrons. The van der Waals surface area contributed by atoms with Crippen LogP contribution in [0.15, 0.2) is 5.10 Å². The number of fused-ring (bicyclic) bond motifs is 2. The van der Waals surface area contributed by atoms with Crippen LogP contribution in [0.25, 0.3) is 0 Å². The number of hydrogen-bond donors (Lipinski definition) is 2. The second-order valence-electron chi connectivity index (χ2n) is 6.14. The molecule has 20 heavy (non-hydrogen) atoms. The monoisotopic (exact) mass is 278 g/mol. The van der Waals surface area contributed by atoms with Crippen molar-refractivity contribution in [3.8, 4) is 0 Å². The highest BCUT2D eigenvalue weighted by atomic mass is 16.2. The molecule has 2 unspecified atom stereocenters. The molecular formula is C14H22N4O2. The third-order valence-electron chi connectivity index (χ3n) is 4.84. The van der Waals surface area contributed by atoms with Crippen LogP contribution in [0.4, 0.5) is 0 Å². The zero-order chi connectivity index (χ0) is 14.1. The van der Waals surface area contributed by atoms with E-state index in [4.69, 9.17) is 0 Å². The smallest absolute Gasteiger partial charge is 0.267 e. The average molecular weight is 278 g/mol. The lowest BCUT2D eigenvalue weighted by Crippen LogP contribution is -2.56. The van der Waals surface area contributed by atoms with Gasteiger partial charge < -0.3 is 10.2 Å². The minimum atomic E-state index is -0.115. The van der Waals surface area contributed by atoms with Crippen molar-refractivity contribution >= 4 is 17.5 Å². The fourth-order valence-corrected chi connectivity index (χ4v) is 3.64. The topological polar surface area (TPSA) is 73.8 Å². The Morgan fingerprint density at radius 2 is 2.00 bits per heavy atom. The maximum absolute atomic E-state index is 12.2. The summed E-state index contributed by atoms with van der Waals surface area (Å²) >= 11 is 0. The minimum Gasteiger partial charge on any atom is -0.348 e. The lowest BCUT2D eigenvalue weighted by Gasteiger charge is -2.47. The molecule has 6 nitrogen and oxygen atoms in total. The number of hydrazone groups is 1. The third kappa shape index (κ3) is 2.70. The number of carbonyl (C=O) groups excluding carboxylic acids is 2. The number of nitrogens with one attached hydrogen (secondary N) is 2. The largest absolute Gasteiger partial charge is 0.348 e. The third-order valence-corrected chi connectivity index (χ3v) is 4.84. The molecule has 0 radical (unpaired) electrons. The van der Waals surface area contributed by atoms with Gasteiger partial charge in [-0.05, 0) is 32.7 Å². The van der Waals surface area contributed by atoms with Crippen molar-refractivity contribution < 1.29 is 9.59 Å². The first-order valence-corrected chi connectivity index (χ1v) is 7.51. The average Bonchev–Trinajstić information content (AvgIpc) is 2.40. The van der Waals surface area contributed by atoms with Crippen molar-refractivity contribution in [3.63, 3.8) is 0 Å². The normalized spacial score (nSPS) is 34.1. The molecule has 0 saturated carbocycles. The molecule has 6 heteroatoms. The quantitative estimate of drug-likeness (QED) is 0.767. The Bertz CT molecular complexity index is 434. The van der Waals surface area contributed by atoms with E-state index < -0.39 is 0 Å². The predicted molar refractivity (Wildman–Crippen MR) is 75.2 cm³/mol. The van der Waals surface area contributed by atoms with E-state index in [2.05, 4.69) is 27.8 Å². The Labute approximate surface area is 119 Å². The van der Waals surface area contributed by atoms with Gasteiger partial charge in [-0.3, -0.25) is 9.59 Å². The van der Waals surface area contributed by atoms with Crippen LogP contribution in [0, 0.1) is 0 Å². The second kappa shape index (κ2) is 5.52. The standard InChI is InChI=1S/C14H22N4O2/c1-18-10-3-2-4-11(18)8-9(7-10)15-14(20)12-5-6-13(19)17-16-12/h9-11H,2-8H2,1H3,(H,15,20)(H,17,19). The zero-order valence-corrected chi connectivity index (χ0v) is 11.9. The Balaban J connectivity index is 1.58. The summed E-state index contributed by atoms with van der Waals surface area (Å²) in [7, 11) is 2.20. The van der Waals surface area contributed by atoms with Gasteiger partial charge in [0.25, 0.3) is 5.91 Å². The van der Waals surface area contributed by atoms with Crippen molar-refractivity contribution in [3.05, 3.63) is 0 Å². The van der Waals surface area contributed by atoms with Gasteiger partial charge in [0.1, 0.15) is 5.71 Å². The molecule has 3 aliphatic heterocycles. The van der Waals surface area contributed by atoms with Crippen LogP contribution in [0.3, 0.4) is 0 Å². The molecule has 2 saturated heterocycles. The summed E-state index contributed by atoms with van der Waals surface area (Å²) < 4.78 is 0. The maximum atomic E-state index is 12.2. The summed E-state index contributed by atoms with van der Waals surface area (Å²) in [6.07, 6.45) is 6.62. The predicted octanol–water partition coefficient (Wildman–Crippen LogP) is 0.384. The van der Waals surface area contributed by atoms with Gasteiger partial charge in [0.05, 0.1) is 0 Å². The number of piperidine rings is 2. The van der Waals surface area contributed by atoms with E-state index in [-0.39, 0.29) is 17.9 Å². The summed E-state index contributed by atoms with van der Waals surface area (Å²) in [4.78, 5) is 25.7. The Kier molecular flexibility index (Phi) is 3.74. The van der Waals surface area contributed by atoms with Gasteiger partial charge in [-0.2, -0.15) is 5.10 Å². The van der Waals surface area contributed by atoms with Gasteiger partial charge >= 0.3 is 0 Å². The van der Waals surface area contributed by atoms with Crippen LogP contribution in [0.2, 0.25) is 0 Å². The SMILES string of the molecule is CN1C2CCCC1CC(NC(=O)C1=NNC(=O)CC1)C2. The molecule has 2 fully saturated rings. The lowest BCUT2D eigenvalue weighted by molar-refractivity contribution is -0.121. The van der Waals surface area contributed by atoms with Gasteiger partial charge in [0.2, 0.25) is 5.91 Å². The first kappa shape index (κ1) is 13.5. The number of nitrogens with zero attached hydrogens (tertiary/aromatic N) is 2. The van der Waals surface area contributed by atoms with E-state index >= 15 is 0 Å². The molecule has 2 N–H and O–H groups in total. The van der Waals surface area contributed by atoms with Gasteiger partial charge in [-0.15, -0.1) is 0 Å². The van der Waals surface area contributed by atoms with Crippen LogP contribution in [-0.4, -0.2) is 47.6 Å². The Morgan fingerprint density at radius 3 is 2.60 bits per heavy atom. The molecule has 0 aromatic heterocycles. The summed E-state index contributed by atoms with van der Waals surface area (Å²) in [5.41, 5.74) is 2.83. The Hall–Kier alpha value is -1.43. The van der Waals surface area contributed by atoms with Crippen molar-refractivity contribution in [2.75, 3.05) is 7.05 Å². The molecule has 0 aromatic carbocycles. The number of hydrogen-bond acceptors (Lipinski definition) is 4. The fraction of sp³-hybridized carbons (Fsp3) is 0.786. The first-order valence-electron chi connectivity index (χ1n) is 7.51. The molecule has 0 aromatic rings. The summed E-state index contributed by atoms with van der Waals surface area (Å²) in [6, 6.07) is 1.44. The van der Waals surface area contributed by atoms with Crippen molar-refractivity contribution in [2.45, 2.75) is 63.1 Å². The summed E-state index contributed by atoms with van der Waals surface area (Å²) in [5, 5.41) is 6.96. The van der Waals surface area contributed by atoms with E-state index in [1.165, 1.54) is 19.3 Å². The van der Waals surface area contributed by atoms with Crippen molar-refractivity contribution in [1.29, 1.82) is 0 Å². The van der Waals surface area contributed by atoms with Gasteiger partial charge in [0.15, 0.2) is 0 Å². The molecule has 2 bridgehead atoms. The maximum Gasteiger partial charge on any atom is 0.267 e. The van der Waals surface area contributed by atoms with Crippen LogP contribution < -0.4 is 10.7 Å². The molecule has 0 spiro atoms. The van der Waals surface area contributed by atoms with E-state index in [1.54, 1.807) is 0 Å². The van der Waals surface area contributed by atoms with E-state index in [1.807, 2.05) is 0 Å². The van der Waals surface area contributed by atoms with Crippen molar-refractivity contribution in [2.24, 2.45) is 5.10 Å². The van der Waals surface area contributed by atoms with Crippen LogP contribution in [0.5, 0.6) is 0 Å². The highest BCUT2D eigenvalue weighted by Gasteiger charge is 2.36. The molecule has 3 heterocycles. The van der Waals surface area contributed by atoms with Gasteiger partial charge in [0, 0.05) is 31.0 Å². The lowest BCUT2D eigenvalue weighted by atomic mass is 9.82. The summed E-state index contributed by atoms with van der Waals surface area (Å²) in [6.45, 7) is 0. The number of amides is 2. The molecule has 0 aliphatic carbocycles. The highest BCUT2D eigenvalue weighted by Crippen LogP contribution is 2.32. The van der Waals surface area contributed by atoms with Crippen LogP contribution in [-0.2, 0) is 9.59 Å². The second-order valence-corrected chi connectivity index (χ2v) is 6.14. The Morgan fingerprint density at radius 1 is 1.30 bits per heavy atom. The van der Waals surface area contributed by atoms with Crippen LogP contribution in [0.1, 0.15) is 44.9 Å². The highest BCUT2D eigenvalue weighted by molar-refractivity contribution is 6.39. The van der Waals surface area contributed by atoms with E-state index in [0.29, 0.717) is 30.6 Å². The van der Waals surface area contributed by atoms with Gasteiger partial charge in [-0.1, -0.05) is 6.42 Å². The van der Waals surface area contributed by atoms with E-state index in [0.717, 1.165) is 12.8 Å². The minimum absolute atomic E-state index is 0.113. The fourth-order valence-electron chi connectivity index (χ4n) is 3.64. The van der Waals surface area contributed by atoms with Crippen molar-refractivity contribution in [1.82, 2.24) is 15.6 Å². The molecule has 2 atom stereocenters. The zero-order valence-electron chi connectivity index (χ0n) is 11.9. The molecule has 3 aliphatic rings.